The van der Waals surface area contributed by atoms with Crippen molar-refractivity contribution in [2.24, 2.45) is 0 Å². The summed E-state index contributed by atoms with van der Waals surface area (Å²) in [5, 5.41) is 20.8. The van der Waals surface area contributed by atoms with Gasteiger partial charge in [0.2, 0.25) is 0 Å². The van der Waals surface area contributed by atoms with Crippen molar-refractivity contribution in [3.05, 3.63) is 166 Å². The Morgan fingerprint density at radius 1 is 0.500 bits per heavy atom. The SMILES string of the molecule is CCC(C)(CC)Oc1ccc(C2(c3ccc(Oc4ccc5c(c4C#N)C5(CC)C(CC)(CC)Oc4ccc(-c5ccc(Oc6ccc7c(c6C#N)C7(C)CC)cc5)cc4)cc3)CCCCC2)cc1. The summed E-state index contributed by atoms with van der Waals surface area (Å²) in [6, 6.07) is 46.9. The van der Waals surface area contributed by atoms with E-state index in [0.29, 0.717) is 28.4 Å². The van der Waals surface area contributed by atoms with Crippen LogP contribution >= 0.6 is 0 Å². The molecule has 6 nitrogen and oxygen atoms in total. The highest BCUT2D eigenvalue weighted by Crippen LogP contribution is 2.65. The van der Waals surface area contributed by atoms with E-state index in [1.54, 1.807) is 0 Å². The second-order valence-corrected chi connectivity index (χ2v) is 19.9. The van der Waals surface area contributed by atoms with Gasteiger partial charge in [-0.05, 0) is 163 Å². The molecule has 3 aliphatic rings. The second kappa shape index (κ2) is 18.2. The van der Waals surface area contributed by atoms with Crippen LogP contribution in [-0.2, 0) is 16.2 Å². The molecule has 2 unspecified atom stereocenters. The summed E-state index contributed by atoms with van der Waals surface area (Å²) in [7, 11) is 0. The zero-order chi connectivity index (χ0) is 47.9. The van der Waals surface area contributed by atoms with Gasteiger partial charge in [-0.25, -0.2) is 0 Å². The van der Waals surface area contributed by atoms with E-state index in [4.69, 9.17) is 18.9 Å². The fourth-order valence-electron chi connectivity index (χ4n) is 11.9. The standard InChI is InChI=1S/C62H66N2O4/c1-9-58(7,10-2)67-48-32-24-45(25-33-48)60(38-16-15-17-39-60)44-22-30-47(31-23-44)66-55-37-35-53-57(51(55)41-64)62(53,14-6)61(12-4,13-5)68-49-28-20-43(21-29-49)42-18-26-46(27-19-42)65-54-36-34-52-56(50(54)40-63)59(52,8)11-3/h18-37H,9-17,38-39H2,1-8H3. The first-order valence-corrected chi connectivity index (χ1v) is 25.3. The zero-order valence-corrected chi connectivity index (χ0v) is 41.4. The van der Waals surface area contributed by atoms with Crippen molar-refractivity contribution < 1.29 is 18.9 Å². The highest BCUT2D eigenvalue weighted by Gasteiger charge is 2.65. The van der Waals surface area contributed by atoms with Gasteiger partial charge < -0.3 is 18.9 Å². The molecule has 1 saturated carbocycles. The van der Waals surface area contributed by atoms with Crippen LogP contribution in [0.25, 0.3) is 11.1 Å². The van der Waals surface area contributed by atoms with Crippen LogP contribution in [0.2, 0.25) is 0 Å². The van der Waals surface area contributed by atoms with E-state index in [2.05, 4.69) is 152 Å². The minimum Gasteiger partial charge on any atom is -0.488 e. The molecule has 0 bridgehead atoms. The van der Waals surface area contributed by atoms with Crippen molar-refractivity contribution in [1.82, 2.24) is 0 Å². The van der Waals surface area contributed by atoms with Gasteiger partial charge >= 0.3 is 0 Å². The molecule has 0 amide bonds. The van der Waals surface area contributed by atoms with E-state index in [9.17, 15) is 10.5 Å². The monoisotopic (exact) mass is 903 g/mol. The molecule has 9 rings (SSSR count). The number of benzene rings is 6. The number of nitrogens with zero attached hydrogens (tertiary/aromatic N) is 2. The zero-order valence-electron chi connectivity index (χ0n) is 41.4. The number of rotatable bonds is 18. The number of nitriles is 2. The summed E-state index contributed by atoms with van der Waals surface area (Å²) in [5.74, 6) is 4.31. The average molecular weight is 903 g/mol. The molecular formula is C62H66N2O4. The van der Waals surface area contributed by atoms with E-state index >= 15 is 0 Å². The lowest BCUT2D eigenvalue weighted by Gasteiger charge is -2.41. The lowest BCUT2D eigenvalue weighted by atomic mass is 9.65. The third-order valence-corrected chi connectivity index (χ3v) is 16.8. The van der Waals surface area contributed by atoms with Crippen LogP contribution in [0.5, 0.6) is 34.5 Å². The van der Waals surface area contributed by atoms with E-state index in [1.807, 2.05) is 36.4 Å². The van der Waals surface area contributed by atoms with Crippen molar-refractivity contribution in [3.63, 3.8) is 0 Å². The van der Waals surface area contributed by atoms with E-state index in [-0.39, 0.29) is 16.4 Å². The second-order valence-electron chi connectivity index (χ2n) is 19.9. The maximum Gasteiger partial charge on any atom is 0.145 e. The Morgan fingerprint density at radius 2 is 0.956 bits per heavy atom. The molecule has 0 saturated heterocycles. The molecule has 0 radical (unpaired) electrons. The third kappa shape index (κ3) is 7.71. The van der Waals surface area contributed by atoms with Crippen molar-refractivity contribution in [3.8, 4) is 57.8 Å². The van der Waals surface area contributed by atoms with Crippen molar-refractivity contribution in [2.45, 2.75) is 153 Å². The van der Waals surface area contributed by atoms with Crippen LogP contribution in [0, 0.1) is 22.7 Å². The quantitative estimate of drug-likeness (QED) is 0.0854. The summed E-state index contributed by atoms with van der Waals surface area (Å²) in [6.07, 6.45) is 11.1. The number of hydrogen-bond donors (Lipinski definition) is 0. The van der Waals surface area contributed by atoms with Crippen molar-refractivity contribution in [1.29, 1.82) is 10.5 Å². The van der Waals surface area contributed by atoms with Gasteiger partial charge in [0, 0.05) is 10.8 Å². The molecule has 3 aliphatic carbocycles. The van der Waals surface area contributed by atoms with Crippen LogP contribution in [0.4, 0.5) is 0 Å². The minimum atomic E-state index is -0.572. The Bertz CT molecular complexity index is 2870. The number of fused-ring (bicyclic) bond motifs is 2. The van der Waals surface area contributed by atoms with Crippen LogP contribution in [0.15, 0.2) is 121 Å². The van der Waals surface area contributed by atoms with Gasteiger partial charge in [0.1, 0.15) is 57.8 Å². The Morgan fingerprint density at radius 3 is 1.43 bits per heavy atom. The molecule has 6 aromatic rings. The number of ether oxygens (including phenoxy) is 4. The normalized spacial score (nSPS) is 18.9. The summed E-state index contributed by atoms with van der Waals surface area (Å²) in [5.41, 5.74) is 9.29. The summed E-state index contributed by atoms with van der Waals surface area (Å²) in [6.45, 7) is 17.5. The van der Waals surface area contributed by atoms with Gasteiger partial charge in [0.05, 0.1) is 16.5 Å². The minimum absolute atomic E-state index is 0.0246. The molecule has 0 aromatic heterocycles. The Kier molecular flexibility index (Phi) is 12.5. The fraction of sp³-hybridized carbons (Fsp3) is 0.387. The van der Waals surface area contributed by atoms with Crippen LogP contribution in [0.1, 0.15) is 171 Å². The largest absolute Gasteiger partial charge is 0.488 e. The molecule has 0 heterocycles. The fourth-order valence-corrected chi connectivity index (χ4v) is 11.9. The van der Waals surface area contributed by atoms with E-state index in [0.717, 1.165) is 90.9 Å². The Balaban J connectivity index is 0.908. The van der Waals surface area contributed by atoms with Gasteiger partial charge in [-0.3, -0.25) is 0 Å². The molecule has 348 valence electrons. The predicted octanol–water partition coefficient (Wildman–Crippen LogP) is 16.6. The van der Waals surface area contributed by atoms with Crippen LogP contribution in [0.3, 0.4) is 0 Å². The van der Waals surface area contributed by atoms with Crippen molar-refractivity contribution >= 4 is 0 Å². The maximum atomic E-state index is 10.8. The highest BCUT2D eigenvalue weighted by molar-refractivity contribution is 5.74. The third-order valence-electron chi connectivity index (χ3n) is 16.8. The topological polar surface area (TPSA) is 84.5 Å². The first-order valence-electron chi connectivity index (χ1n) is 25.3. The van der Waals surface area contributed by atoms with Gasteiger partial charge in [0.15, 0.2) is 0 Å². The number of hydrogen-bond acceptors (Lipinski definition) is 6. The lowest BCUT2D eigenvalue weighted by molar-refractivity contribution is 0.0120. The van der Waals surface area contributed by atoms with Gasteiger partial charge in [-0.15, -0.1) is 0 Å². The molecule has 68 heavy (non-hydrogen) atoms. The average Bonchev–Trinajstić information content (AvgIpc) is 4.26. The molecule has 1 fully saturated rings. The summed E-state index contributed by atoms with van der Waals surface area (Å²) >= 11 is 0. The summed E-state index contributed by atoms with van der Waals surface area (Å²) < 4.78 is 26.5. The van der Waals surface area contributed by atoms with Gasteiger partial charge in [-0.2, -0.15) is 10.5 Å². The van der Waals surface area contributed by atoms with E-state index in [1.165, 1.54) is 41.5 Å². The van der Waals surface area contributed by atoms with Crippen molar-refractivity contribution in [2.75, 3.05) is 0 Å². The Hall–Kier alpha value is -6.50. The molecule has 6 aromatic carbocycles. The molecule has 0 N–H and O–H groups in total. The molecule has 6 heteroatoms. The first kappa shape index (κ1) is 46.6. The molecule has 0 aliphatic heterocycles. The smallest absolute Gasteiger partial charge is 0.145 e. The Labute approximate surface area is 404 Å². The highest BCUT2D eigenvalue weighted by atomic mass is 16.5. The van der Waals surface area contributed by atoms with E-state index < -0.39 is 11.0 Å². The summed E-state index contributed by atoms with van der Waals surface area (Å²) in [4.78, 5) is 0. The predicted molar refractivity (Wildman–Crippen MR) is 272 cm³/mol. The molecular weight excluding hydrogens is 837 g/mol. The lowest BCUT2D eigenvalue weighted by Crippen LogP contribution is -2.48. The van der Waals surface area contributed by atoms with Gasteiger partial charge in [-0.1, -0.05) is 128 Å². The van der Waals surface area contributed by atoms with Crippen LogP contribution in [-0.4, -0.2) is 11.2 Å². The van der Waals surface area contributed by atoms with Gasteiger partial charge in [0.25, 0.3) is 0 Å². The molecule has 0 spiro atoms. The first-order chi connectivity index (χ1) is 32.9. The molecule has 2 atom stereocenters. The maximum absolute atomic E-state index is 10.8. The van der Waals surface area contributed by atoms with Crippen LogP contribution < -0.4 is 18.9 Å².